The Hall–Kier alpha value is -3.70. The van der Waals surface area contributed by atoms with Crippen molar-refractivity contribution >= 4 is 41.4 Å². The van der Waals surface area contributed by atoms with Crippen molar-refractivity contribution in [2.45, 2.75) is 57.1 Å². The maximum absolute atomic E-state index is 13.4. The van der Waals surface area contributed by atoms with Gasteiger partial charge in [-0.15, -0.1) is 16.8 Å². The SMILES string of the molecule is CNC(=O)C(NC(=O)N(O)C(=O)[C@@H](CCC(C)C)CN1C(=O)c2ccccc2C1=O)C(C)(C)SCc1ccccc1. The van der Waals surface area contributed by atoms with Crippen LogP contribution in [0.5, 0.6) is 0 Å². The second-order valence-corrected chi connectivity index (χ2v) is 12.6. The van der Waals surface area contributed by atoms with E-state index >= 15 is 0 Å². The molecular weight excluding hydrogens is 544 g/mol. The van der Waals surface area contributed by atoms with E-state index < -0.39 is 46.4 Å². The molecule has 2 aromatic rings. The molecule has 1 unspecified atom stereocenters. The number of nitrogens with zero attached hydrogens (tertiary/aromatic N) is 2. The fraction of sp³-hybridized carbons (Fsp3) is 0.433. The molecule has 41 heavy (non-hydrogen) atoms. The van der Waals surface area contributed by atoms with Gasteiger partial charge in [-0.25, -0.2) is 4.79 Å². The van der Waals surface area contributed by atoms with Crippen LogP contribution in [-0.4, -0.2) is 69.2 Å². The van der Waals surface area contributed by atoms with Crippen LogP contribution in [0.15, 0.2) is 54.6 Å². The molecule has 0 saturated carbocycles. The number of imide groups is 2. The third-order valence-electron chi connectivity index (χ3n) is 7.05. The fourth-order valence-corrected chi connectivity index (χ4v) is 5.60. The second-order valence-electron chi connectivity index (χ2n) is 11.0. The number of amides is 6. The first-order valence-corrected chi connectivity index (χ1v) is 14.5. The Morgan fingerprint density at radius 3 is 2.05 bits per heavy atom. The Morgan fingerprint density at radius 2 is 1.51 bits per heavy atom. The van der Waals surface area contributed by atoms with E-state index in [1.165, 1.54) is 18.8 Å². The van der Waals surface area contributed by atoms with Crippen LogP contribution >= 0.6 is 11.8 Å². The third kappa shape index (κ3) is 7.74. The molecule has 0 fully saturated rings. The minimum Gasteiger partial charge on any atom is -0.357 e. The van der Waals surface area contributed by atoms with Crippen molar-refractivity contribution in [3.05, 3.63) is 71.3 Å². The predicted octanol–water partition coefficient (Wildman–Crippen LogP) is 4.09. The Labute approximate surface area is 244 Å². The molecule has 0 saturated heterocycles. The number of hydrogen-bond acceptors (Lipinski definition) is 7. The zero-order valence-corrected chi connectivity index (χ0v) is 24.9. The molecule has 1 heterocycles. The van der Waals surface area contributed by atoms with E-state index in [1.54, 1.807) is 38.1 Å². The molecule has 3 rings (SSSR count). The van der Waals surface area contributed by atoms with E-state index in [9.17, 15) is 29.2 Å². The highest BCUT2D eigenvalue weighted by Crippen LogP contribution is 2.32. The number of fused-ring (bicyclic) bond motifs is 1. The number of hydroxylamine groups is 2. The normalized spacial score (nSPS) is 14.5. The maximum Gasteiger partial charge on any atom is 0.349 e. The van der Waals surface area contributed by atoms with E-state index in [2.05, 4.69) is 10.6 Å². The zero-order valence-electron chi connectivity index (χ0n) is 24.0. The van der Waals surface area contributed by atoms with Gasteiger partial charge in [-0.05, 0) is 43.9 Å². The number of thioether (sulfide) groups is 1. The molecule has 11 heteroatoms. The summed E-state index contributed by atoms with van der Waals surface area (Å²) in [6.45, 7) is 7.20. The zero-order chi connectivity index (χ0) is 30.3. The van der Waals surface area contributed by atoms with Crippen molar-refractivity contribution in [2.75, 3.05) is 13.6 Å². The molecule has 0 aliphatic carbocycles. The summed E-state index contributed by atoms with van der Waals surface area (Å²) in [4.78, 5) is 66.2. The van der Waals surface area contributed by atoms with Gasteiger partial charge in [-0.2, -0.15) is 0 Å². The van der Waals surface area contributed by atoms with Gasteiger partial charge < -0.3 is 10.6 Å². The minimum atomic E-state index is -1.17. The second kappa shape index (κ2) is 13.8. The van der Waals surface area contributed by atoms with Gasteiger partial charge in [0, 0.05) is 24.1 Å². The molecule has 10 nitrogen and oxygen atoms in total. The van der Waals surface area contributed by atoms with Crippen LogP contribution in [0.2, 0.25) is 0 Å². The Balaban J connectivity index is 1.75. The smallest absolute Gasteiger partial charge is 0.349 e. The Morgan fingerprint density at radius 1 is 0.951 bits per heavy atom. The lowest BCUT2D eigenvalue weighted by atomic mass is 9.96. The molecule has 0 aromatic heterocycles. The summed E-state index contributed by atoms with van der Waals surface area (Å²) < 4.78 is -0.827. The van der Waals surface area contributed by atoms with Gasteiger partial charge in [-0.1, -0.05) is 62.7 Å². The van der Waals surface area contributed by atoms with Crippen molar-refractivity contribution in [1.29, 1.82) is 0 Å². The van der Waals surface area contributed by atoms with Crippen LogP contribution in [-0.2, 0) is 15.3 Å². The standard InChI is InChI=1S/C30H38N4O6S/c1-19(2)15-16-21(17-33-27(37)22-13-9-10-14-23(22)28(33)38)26(36)34(40)29(39)32-24(25(35)31-5)30(3,4)41-18-20-11-7-6-8-12-20/h6-14,19,21,24,40H,15-18H2,1-5H3,(H,31,35)(H,32,39)/t21-,24?/m0/s1. The molecule has 3 N–H and O–H groups in total. The van der Waals surface area contributed by atoms with Crippen molar-refractivity contribution in [3.63, 3.8) is 0 Å². The number of likely N-dealkylation sites (N-methyl/N-ethyl adjacent to an activating group) is 1. The predicted molar refractivity (Wildman–Crippen MR) is 156 cm³/mol. The average molecular weight is 583 g/mol. The highest BCUT2D eigenvalue weighted by molar-refractivity contribution is 7.99. The summed E-state index contributed by atoms with van der Waals surface area (Å²) in [5, 5.41) is 15.7. The first kappa shape index (κ1) is 31.8. The van der Waals surface area contributed by atoms with Gasteiger partial charge in [-0.3, -0.25) is 29.3 Å². The minimum absolute atomic E-state index is 0.0446. The fourth-order valence-electron chi connectivity index (χ4n) is 4.54. The monoisotopic (exact) mass is 582 g/mol. The van der Waals surface area contributed by atoms with Crippen LogP contribution in [0.3, 0.4) is 0 Å². The van der Waals surface area contributed by atoms with Crippen molar-refractivity contribution in [2.24, 2.45) is 11.8 Å². The lowest BCUT2D eigenvalue weighted by Crippen LogP contribution is -2.59. The first-order valence-electron chi connectivity index (χ1n) is 13.5. The van der Waals surface area contributed by atoms with E-state index in [0.717, 1.165) is 10.5 Å². The molecule has 220 valence electrons. The number of hydrogen-bond donors (Lipinski definition) is 3. The maximum atomic E-state index is 13.4. The van der Waals surface area contributed by atoms with Crippen LogP contribution in [0, 0.1) is 11.8 Å². The van der Waals surface area contributed by atoms with Gasteiger partial charge in [0.05, 0.1) is 17.0 Å². The lowest BCUT2D eigenvalue weighted by Gasteiger charge is -2.34. The summed E-state index contributed by atoms with van der Waals surface area (Å²) in [6.07, 6.45) is 0.782. The topological polar surface area (TPSA) is 136 Å². The van der Waals surface area contributed by atoms with E-state index in [1.807, 2.05) is 44.2 Å². The summed E-state index contributed by atoms with van der Waals surface area (Å²) >= 11 is 1.44. The molecule has 2 atom stereocenters. The first-order chi connectivity index (χ1) is 19.4. The Bertz CT molecular complexity index is 1250. The van der Waals surface area contributed by atoms with Crippen molar-refractivity contribution in [3.8, 4) is 0 Å². The summed E-state index contributed by atoms with van der Waals surface area (Å²) in [5.41, 5.74) is 1.53. The average Bonchev–Trinajstić information content (AvgIpc) is 3.20. The van der Waals surface area contributed by atoms with Gasteiger partial charge in [0.1, 0.15) is 6.04 Å². The number of nitrogens with one attached hydrogen (secondary N) is 2. The number of rotatable bonds is 12. The van der Waals surface area contributed by atoms with Crippen LogP contribution in [0.4, 0.5) is 4.79 Å². The van der Waals surface area contributed by atoms with E-state index in [4.69, 9.17) is 0 Å². The van der Waals surface area contributed by atoms with Gasteiger partial charge in [0.25, 0.3) is 17.7 Å². The molecule has 6 amide bonds. The molecular formula is C30H38N4O6S. The molecule has 1 aliphatic rings. The number of carbonyl (C=O) groups excluding carboxylic acids is 5. The van der Waals surface area contributed by atoms with Gasteiger partial charge in [0.2, 0.25) is 5.91 Å². The lowest BCUT2D eigenvalue weighted by molar-refractivity contribution is -0.158. The highest BCUT2D eigenvalue weighted by atomic mass is 32.2. The van der Waals surface area contributed by atoms with E-state index in [-0.39, 0.29) is 35.1 Å². The third-order valence-corrected chi connectivity index (χ3v) is 8.51. The number of urea groups is 1. The van der Waals surface area contributed by atoms with Gasteiger partial charge in [0.15, 0.2) is 0 Å². The summed E-state index contributed by atoms with van der Waals surface area (Å²) in [6, 6.07) is 13.8. The molecule has 0 radical (unpaired) electrons. The van der Waals surface area contributed by atoms with Crippen molar-refractivity contribution in [1.82, 2.24) is 20.6 Å². The molecule has 2 aromatic carbocycles. The quantitative estimate of drug-likeness (QED) is 0.195. The molecule has 0 spiro atoms. The number of carbonyl (C=O) groups is 5. The highest BCUT2D eigenvalue weighted by Gasteiger charge is 2.41. The van der Waals surface area contributed by atoms with Crippen LogP contribution in [0.1, 0.15) is 66.8 Å². The molecule has 1 aliphatic heterocycles. The van der Waals surface area contributed by atoms with Crippen LogP contribution in [0.25, 0.3) is 0 Å². The van der Waals surface area contributed by atoms with E-state index in [0.29, 0.717) is 12.2 Å². The van der Waals surface area contributed by atoms with Crippen LogP contribution < -0.4 is 10.6 Å². The largest absolute Gasteiger partial charge is 0.357 e. The Kier molecular flexibility index (Phi) is 10.7. The van der Waals surface area contributed by atoms with Crippen molar-refractivity contribution < 1.29 is 29.2 Å². The van der Waals surface area contributed by atoms with Gasteiger partial charge >= 0.3 is 6.03 Å². The number of benzene rings is 2. The molecule has 0 bridgehead atoms. The summed E-state index contributed by atoms with van der Waals surface area (Å²) in [7, 11) is 1.44. The summed E-state index contributed by atoms with van der Waals surface area (Å²) in [5.74, 6) is -2.80.